The van der Waals surface area contributed by atoms with Crippen molar-refractivity contribution >= 4 is 5.91 Å². The van der Waals surface area contributed by atoms with Crippen LogP contribution in [0.5, 0.6) is 11.5 Å². The topological polar surface area (TPSA) is 69.0 Å². The zero-order chi connectivity index (χ0) is 19.2. The quantitative estimate of drug-likeness (QED) is 0.557. The predicted octanol–water partition coefficient (Wildman–Crippen LogP) is 3.99. The smallest absolute Gasteiger partial charge is 0.251 e. The second-order valence-corrected chi connectivity index (χ2v) is 6.08. The molecule has 4 aromatic rings. The fourth-order valence-electron chi connectivity index (χ4n) is 2.76. The predicted molar refractivity (Wildman–Crippen MR) is 105 cm³/mol. The van der Waals surface area contributed by atoms with Gasteiger partial charge in [0.2, 0.25) is 0 Å². The van der Waals surface area contributed by atoms with Gasteiger partial charge in [0, 0.05) is 36.3 Å². The molecule has 0 aliphatic heterocycles. The van der Waals surface area contributed by atoms with Gasteiger partial charge in [-0.05, 0) is 42.5 Å². The summed E-state index contributed by atoms with van der Waals surface area (Å²) in [6, 6.07) is 20.3. The van der Waals surface area contributed by atoms with Crippen molar-refractivity contribution in [3.8, 4) is 17.3 Å². The zero-order valence-corrected chi connectivity index (χ0v) is 15.0. The first-order chi connectivity index (χ1) is 13.8. The molecule has 4 rings (SSSR count). The summed E-state index contributed by atoms with van der Waals surface area (Å²) in [4.78, 5) is 20.9. The summed E-state index contributed by atoms with van der Waals surface area (Å²) in [7, 11) is 0. The van der Waals surface area contributed by atoms with Gasteiger partial charge in [-0.15, -0.1) is 0 Å². The van der Waals surface area contributed by atoms with Crippen LogP contribution in [0.1, 0.15) is 15.9 Å². The van der Waals surface area contributed by atoms with Crippen LogP contribution >= 0.6 is 0 Å². The first kappa shape index (κ1) is 17.5. The SMILES string of the molecule is O=C(NCc1cccnc1-n1ccnc1)c1ccc(Oc2ccccc2)cc1. The molecule has 6 nitrogen and oxygen atoms in total. The Morgan fingerprint density at radius 3 is 2.46 bits per heavy atom. The van der Waals surface area contributed by atoms with E-state index < -0.39 is 0 Å². The number of imidazole rings is 1. The lowest BCUT2D eigenvalue weighted by Crippen LogP contribution is -2.23. The van der Waals surface area contributed by atoms with Crippen molar-refractivity contribution < 1.29 is 9.53 Å². The number of carbonyl (C=O) groups excluding carboxylic acids is 1. The molecule has 0 aliphatic rings. The van der Waals surface area contributed by atoms with Crippen molar-refractivity contribution in [2.75, 3.05) is 0 Å². The van der Waals surface area contributed by atoms with Gasteiger partial charge in [0.1, 0.15) is 23.6 Å². The van der Waals surface area contributed by atoms with E-state index in [1.807, 2.05) is 53.2 Å². The number of carbonyl (C=O) groups is 1. The largest absolute Gasteiger partial charge is 0.457 e. The van der Waals surface area contributed by atoms with Gasteiger partial charge in [0.25, 0.3) is 5.91 Å². The van der Waals surface area contributed by atoms with E-state index in [2.05, 4.69) is 15.3 Å². The Morgan fingerprint density at radius 2 is 1.71 bits per heavy atom. The fraction of sp³-hybridized carbons (Fsp3) is 0.0455. The summed E-state index contributed by atoms with van der Waals surface area (Å²) in [5.41, 5.74) is 1.46. The summed E-state index contributed by atoms with van der Waals surface area (Å²) in [5, 5.41) is 2.93. The number of hydrogen-bond donors (Lipinski definition) is 1. The molecule has 0 aliphatic carbocycles. The number of pyridine rings is 1. The Hall–Kier alpha value is -3.93. The van der Waals surface area contributed by atoms with Crippen molar-refractivity contribution in [3.63, 3.8) is 0 Å². The van der Waals surface area contributed by atoms with Crippen LogP contribution in [0.2, 0.25) is 0 Å². The molecule has 1 amide bonds. The second kappa shape index (κ2) is 8.18. The highest BCUT2D eigenvalue weighted by molar-refractivity contribution is 5.94. The molecule has 0 saturated heterocycles. The number of ether oxygens (including phenoxy) is 1. The highest BCUT2D eigenvalue weighted by Gasteiger charge is 2.09. The maximum absolute atomic E-state index is 12.5. The minimum Gasteiger partial charge on any atom is -0.457 e. The maximum Gasteiger partial charge on any atom is 0.251 e. The molecule has 2 aromatic heterocycles. The van der Waals surface area contributed by atoms with Gasteiger partial charge in [0.15, 0.2) is 0 Å². The lowest BCUT2D eigenvalue weighted by Gasteiger charge is -2.10. The Bertz CT molecular complexity index is 1050. The number of amides is 1. The molecule has 2 heterocycles. The lowest BCUT2D eigenvalue weighted by molar-refractivity contribution is 0.0951. The number of aromatic nitrogens is 3. The Labute approximate surface area is 162 Å². The molecule has 0 spiro atoms. The molecule has 0 radical (unpaired) electrons. The van der Waals surface area contributed by atoms with Crippen molar-refractivity contribution in [1.82, 2.24) is 19.9 Å². The van der Waals surface area contributed by atoms with E-state index in [-0.39, 0.29) is 5.91 Å². The molecule has 0 saturated carbocycles. The van der Waals surface area contributed by atoms with E-state index >= 15 is 0 Å². The third-order valence-electron chi connectivity index (χ3n) is 4.15. The zero-order valence-electron chi connectivity index (χ0n) is 15.0. The van der Waals surface area contributed by atoms with Crippen molar-refractivity contribution in [2.45, 2.75) is 6.54 Å². The van der Waals surface area contributed by atoms with Crippen LogP contribution in [0.25, 0.3) is 5.82 Å². The van der Waals surface area contributed by atoms with Gasteiger partial charge in [-0.25, -0.2) is 9.97 Å². The molecule has 138 valence electrons. The molecule has 28 heavy (non-hydrogen) atoms. The first-order valence-corrected chi connectivity index (χ1v) is 8.83. The Kier molecular flexibility index (Phi) is 5.11. The van der Waals surface area contributed by atoms with Gasteiger partial charge in [0.05, 0.1) is 0 Å². The number of hydrogen-bond acceptors (Lipinski definition) is 4. The van der Waals surface area contributed by atoms with Crippen LogP contribution in [-0.2, 0) is 6.54 Å². The van der Waals surface area contributed by atoms with Crippen LogP contribution in [0.3, 0.4) is 0 Å². The average molecular weight is 370 g/mol. The van der Waals surface area contributed by atoms with Gasteiger partial charge in [-0.2, -0.15) is 0 Å². The molecule has 0 fully saturated rings. The highest BCUT2D eigenvalue weighted by Crippen LogP contribution is 2.21. The second-order valence-electron chi connectivity index (χ2n) is 6.08. The maximum atomic E-state index is 12.5. The summed E-state index contributed by atoms with van der Waals surface area (Å²) in [5.74, 6) is 2.01. The molecule has 0 bridgehead atoms. The third kappa shape index (κ3) is 4.07. The van der Waals surface area contributed by atoms with E-state index in [1.165, 1.54) is 0 Å². The van der Waals surface area contributed by atoms with E-state index in [4.69, 9.17) is 4.74 Å². The minimum atomic E-state index is -0.160. The standard InChI is InChI=1S/C22H18N4O2/c27-22(17-8-10-20(11-9-17)28-19-6-2-1-3-7-19)25-15-18-5-4-12-24-21(18)26-14-13-23-16-26/h1-14,16H,15H2,(H,25,27). The van der Waals surface area contributed by atoms with Gasteiger partial charge in [-0.3, -0.25) is 9.36 Å². The molecule has 0 unspecified atom stereocenters. The normalized spacial score (nSPS) is 10.4. The van der Waals surface area contributed by atoms with Crippen LogP contribution in [0.4, 0.5) is 0 Å². The Morgan fingerprint density at radius 1 is 0.929 bits per heavy atom. The number of benzene rings is 2. The highest BCUT2D eigenvalue weighted by atomic mass is 16.5. The summed E-state index contributed by atoms with van der Waals surface area (Å²) in [6.45, 7) is 0.364. The molecule has 1 N–H and O–H groups in total. The third-order valence-corrected chi connectivity index (χ3v) is 4.15. The summed E-state index contributed by atoms with van der Waals surface area (Å²) >= 11 is 0. The molecule has 0 atom stereocenters. The van der Waals surface area contributed by atoms with Crippen LogP contribution in [0, 0.1) is 0 Å². The van der Waals surface area contributed by atoms with Crippen LogP contribution in [0.15, 0.2) is 91.6 Å². The fourth-order valence-corrected chi connectivity index (χ4v) is 2.76. The van der Waals surface area contributed by atoms with E-state index in [1.54, 1.807) is 43.0 Å². The number of para-hydroxylation sites is 1. The number of nitrogens with one attached hydrogen (secondary N) is 1. The number of nitrogens with zero attached hydrogens (tertiary/aromatic N) is 3. The minimum absolute atomic E-state index is 0.160. The van der Waals surface area contributed by atoms with Crippen LogP contribution in [-0.4, -0.2) is 20.4 Å². The van der Waals surface area contributed by atoms with Crippen LogP contribution < -0.4 is 10.1 Å². The Balaban J connectivity index is 1.41. The monoisotopic (exact) mass is 370 g/mol. The van der Waals surface area contributed by atoms with E-state index in [9.17, 15) is 4.79 Å². The molecule has 6 heteroatoms. The molecular weight excluding hydrogens is 352 g/mol. The molecular formula is C22H18N4O2. The number of rotatable bonds is 6. The van der Waals surface area contributed by atoms with Crippen molar-refractivity contribution in [3.05, 3.63) is 103 Å². The lowest BCUT2D eigenvalue weighted by atomic mass is 10.2. The average Bonchev–Trinajstić information content (AvgIpc) is 3.28. The van der Waals surface area contributed by atoms with E-state index in [0.29, 0.717) is 17.9 Å². The summed E-state index contributed by atoms with van der Waals surface area (Å²) < 4.78 is 7.57. The molecule has 2 aromatic carbocycles. The van der Waals surface area contributed by atoms with Gasteiger partial charge in [-0.1, -0.05) is 24.3 Å². The van der Waals surface area contributed by atoms with E-state index in [0.717, 1.165) is 17.1 Å². The van der Waals surface area contributed by atoms with Gasteiger partial charge < -0.3 is 10.1 Å². The van der Waals surface area contributed by atoms with Crippen molar-refractivity contribution in [2.24, 2.45) is 0 Å². The first-order valence-electron chi connectivity index (χ1n) is 8.83. The van der Waals surface area contributed by atoms with Gasteiger partial charge >= 0.3 is 0 Å². The summed E-state index contributed by atoms with van der Waals surface area (Å²) in [6.07, 6.45) is 6.90. The van der Waals surface area contributed by atoms with Crippen molar-refractivity contribution in [1.29, 1.82) is 0 Å².